The van der Waals surface area contributed by atoms with Gasteiger partial charge in [-0.05, 0) is 31.6 Å². The predicted octanol–water partition coefficient (Wildman–Crippen LogP) is 0.751. The molecule has 16 heavy (non-hydrogen) atoms. The summed E-state index contributed by atoms with van der Waals surface area (Å²) in [5.41, 5.74) is 5.55. The van der Waals surface area contributed by atoms with Gasteiger partial charge in [-0.3, -0.25) is 4.79 Å². The van der Waals surface area contributed by atoms with Crippen molar-refractivity contribution in [3.05, 3.63) is 0 Å². The van der Waals surface area contributed by atoms with Crippen molar-refractivity contribution >= 4 is 5.91 Å². The Morgan fingerprint density at radius 3 is 2.88 bits per heavy atom. The molecule has 0 spiro atoms. The number of rotatable bonds is 2. The smallest absolute Gasteiger partial charge is 0.251 e. The van der Waals surface area contributed by atoms with Gasteiger partial charge in [-0.1, -0.05) is 6.92 Å². The van der Waals surface area contributed by atoms with Gasteiger partial charge in [0.1, 0.15) is 6.10 Å². The summed E-state index contributed by atoms with van der Waals surface area (Å²) in [4.78, 5) is 14.1. The Balaban J connectivity index is 1.87. The summed E-state index contributed by atoms with van der Waals surface area (Å²) in [6.07, 6.45) is 4.00. The Hall–Kier alpha value is -0.610. The highest BCUT2D eigenvalue weighted by Gasteiger charge is 2.33. The summed E-state index contributed by atoms with van der Waals surface area (Å²) in [6.45, 7) is 4.53. The van der Waals surface area contributed by atoms with Crippen molar-refractivity contribution in [3.63, 3.8) is 0 Å². The van der Waals surface area contributed by atoms with E-state index < -0.39 is 0 Å². The summed E-state index contributed by atoms with van der Waals surface area (Å²) >= 11 is 0. The molecular formula is C12H22N2O2. The van der Waals surface area contributed by atoms with Crippen LogP contribution >= 0.6 is 0 Å². The first kappa shape index (κ1) is 11.9. The standard InChI is InChI=1S/C12H22N2O2/c1-9-3-2-6-14(8-9)12(15)11-5-4-10(7-13)16-11/h9-11H,2-8,13H2,1H3. The molecule has 2 heterocycles. The second-order valence-electron chi connectivity index (χ2n) is 5.09. The van der Waals surface area contributed by atoms with Crippen LogP contribution in [0.5, 0.6) is 0 Å². The van der Waals surface area contributed by atoms with Gasteiger partial charge in [0.25, 0.3) is 5.91 Å². The highest BCUT2D eigenvalue weighted by Crippen LogP contribution is 2.23. The number of piperidine rings is 1. The van der Waals surface area contributed by atoms with E-state index in [0.29, 0.717) is 12.5 Å². The number of amides is 1. The molecule has 0 bridgehead atoms. The maximum Gasteiger partial charge on any atom is 0.251 e. The fourth-order valence-corrected chi connectivity index (χ4v) is 2.65. The highest BCUT2D eigenvalue weighted by molar-refractivity contribution is 5.81. The van der Waals surface area contributed by atoms with E-state index in [1.165, 1.54) is 6.42 Å². The summed E-state index contributed by atoms with van der Waals surface area (Å²) in [5.74, 6) is 0.812. The van der Waals surface area contributed by atoms with E-state index in [0.717, 1.165) is 32.4 Å². The number of carbonyl (C=O) groups excluding carboxylic acids is 1. The van der Waals surface area contributed by atoms with Crippen molar-refractivity contribution in [2.24, 2.45) is 11.7 Å². The molecule has 4 heteroatoms. The number of nitrogens with two attached hydrogens (primary N) is 1. The zero-order valence-electron chi connectivity index (χ0n) is 10.0. The molecule has 4 nitrogen and oxygen atoms in total. The number of carbonyl (C=O) groups is 1. The maximum atomic E-state index is 12.2. The van der Waals surface area contributed by atoms with Crippen LogP contribution in [0.2, 0.25) is 0 Å². The van der Waals surface area contributed by atoms with Gasteiger partial charge in [-0.2, -0.15) is 0 Å². The molecule has 3 unspecified atom stereocenters. The van der Waals surface area contributed by atoms with Gasteiger partial charge >= 0.3 is 0 Å². The number of hydrogen-bond acceptors (Lipinski definition) is 3. The first-order chi connectivity index (χ1) is 7.70. The molecule has 0 radical (unpaired) electrons. The van der Waals surface area contributed by atoms with E-state index in [1.54, 1.807) is 0 Å². The molecule has 0 saturated carbocycles. The Bertz CT molecular complexity index is 257. The number of nitrogens with zero attached hydrogens (tertiary/aromatic N) is 1. The molecule has 2 aliphatic heterocycles. The molecule has 0 aromatic heterocycles. The lowest BCUT2D eigenvalue weighted by molar-refractivity contribution is -0.144. The maximum absolute atomic E-state index is 12.2. The zero-order chi connectivity index (χ0) is 11.5. The minimum absolute atomic E-state index is 0.0937. The van der Waals surface area contributed by atoms with Crippen molar-refractivity contribution in [1.82, 2.24) is 4.90 Å². The predicted molar refractivity (Wildman–Crippen MR) is 61.9 cm³/mol. The van der Waals surface area contributed by atoms with E-state index in [1.807, 2.05) is 4.90 Å². The van der Waals surface area contributed by atoms with Crippen molar-refractivity contribution in [1.29, 1.82) is 0 Å². The normalized spacial score (nSPS) is 35.4. The van der Waals surface area contributed by atoms with Gasteiger partial charge in [-0.25, -0.2) is 0 Å². The molecule has 0 aromatic carbocycles. The molecule has 0 aromatic rings. The van der Waals surface area contributed by atoms with Gasteiger partial charge in [-0.15, -0.1) is 0 Å². The first-order valence-corrected chi connectivity index (χ1v) is 6.35. The fraction of sp³-hybridized carbons (Fsp3) is 0.917. The highest BCUT2D eigenvalue weighted by atomic mass is 16.5. The van der Waals surface area contributed by atoms with Crippen LogP contribution in [0.15, 0.2) is 0 Å². The van der Waals surface area contributed by atoms with Crippen LogP contribution in [0.25, 0.3) is 0 Å². The topological polar surface area (TPSA) is 55.6 Å². The van der Waals surface area contributed by atoms with Crippen LogP contribution < -0.4 is 5.73 Å². The fourth-order valence-electron chi connectivity index (χ4n) is 2.65. The van der Waals surface area contributed by atoms with Crippen molar-refractivity contribution in [3.8, 4) is 0 Å². The molecule has 2 fully saturated rings. The van der Waals surface area contributed by atoms with Crippen LogP contribution in [0.4, 0.5) is 0 Å². The van der Waals surface area contributed by atoms with Crippen molar-refractivity contribution < 1.29 is 9.53 Å². The lowest BCUT2D eigenvalue weighted by Crippen LogP contribution is -2.44. The third-order valence-corrected chi connectivity index (χ3v) is 3.61. The molecule has 3 atom stereocenters. The molecule has 2 aliphatic rings. The number of hydrogen-bond donors (Lipinski definition) is 1. The van der Waals surface area contributed by atoms with E-state index >= 15 is 0 Å². The first-order valence-electron chi connectivity index (χ1n) is 6.35. The quantitative estimate of drug-likeness (QED) is 0.756. The Morgan fingerprint density at radius 1 is 1.44 bits per heavy atom. The third-order valence-electron chi connectivity index (χ3n) is 3.61. The van der Waals surface area contributed by atoms with Crippen LogP contribution in [-0.4, -0.2) is 42.6 Å². The van der Waals surface area contributed by atoms with Gasteiger partial charge in [0.2, 0.25) is 0 Å². The summed E-state index contributed by atoms with van der Waals surface area (Å²) < 4.78 is 5.64. The van der Waals surface area contributed by atoms with E-state index in [-0.39, 0.29) is 18.1 Å². The molecular weight excluding hydrogens is 204 g/mol. The summed E-state index contributed by atoms with van der Waals surface area (Å²) in [5, 5.41) is 0. The third kappa shape index (κ3) is 2.55. The average molecular weight is 226 g/mol. The van der Waals surface area contributed by atoms with Crippen LogP contribution in [0.1, 0.15) is 32.6 Å². The molecule has 0 aliphatic carbocycles. The van der Waals surface area contributed by atoms with Gasteiger partial charge in [0.05, 0.1) is 6.10 Å². The van der Waals surface area contributed by atoms with Gasteiger partial charge in [0.15, 0.2) is 0 Å². The van der Waals surface area contributed by atoms with E-state index in [2.05, 4.69) is 6.92 Å². The molecule has 2 N–H and O–H groups in total. The molecule has 1 amide bonds. The van der Waals surface area contributed by atoms with Crippen LogP contribution in [0, 0.1) is 5.92 Å². The minimum Gasteiger partial charge on any atom is -0.364 e. The lowest BCUT2D eigenvalue weighted by atomic mass is 9.99. The van der Waals surface area contributed by atoms with Crippen LogP contribution in [0.3, 0.4) is 0 Å². The number of ether oxygens (including phenoxy) is 1. The van der Waals surface area contributed by atoms with E-state index in [9.17, 15) is 4.79 Å². The van der Waals surface area contributed by atoms with Crippen molar-refractivity contribution in [2.45, 2.75) is 44.8 Å². The average Bonchev–Trinajstić information content (AvgIpc) is 2.76. The van der Waals surface area contributed by atoms with Gasteiger partial charge in [0, 0.05) is 19.6 Å². The summed E-state index contributed by atoms with van der Waals surface area (Å²) in [7, 11) is 0. The Labute approximate surface area is 97.1 Å². The molecule has 2 rings (SSSR count). The lowest BCUT2D eigenvalue weighted by Gasteiger charge is -2.32. The van der Waals surface area contributed by atoms with Crippen LogP contribution in [-0.2, 0) is 9.53 Å². The monoisotopic (exact) mass is 226 g/mol. The molecule has 92 valence electrons. The van der Waals surface area contributed by atoms with Crippen molar-refractivity contribution in [2.75, 3.05) is 19.6 Å². The molecule has 2 saturated heterocycles. The number of likely N-dealkylation sites (tertiary alicyclic amines) is 1. The second kappa shape index (κ2) is 5.15. The minimum atomic E-state index is -0.223. The summed E-state index contributed by atoms with van der Waals surface area (Å²) in [6, 6.07) is 0. The second-order valence-corrected chi connectivity index (χ2v) is 5.09. The van der Waals surface area contributed by atoms with Gasteiger partial charge < -0.3 is 15.4 Å². The largest absolute Gasteiger partial charge is 0.364 e. The zero-order valence-corrected chi connectivity index (χ0v) is 10.0. The van der Waals surface area contributed by atoms with E-state index in [4.69, 9.17) is 10.5 Å². The Kier molecular flexibility index (Phi) is 3.82. The Morgan fingerprint density at radius 2 is 2.25 bits per heavy atom. The SMILES string of the molecule is CC1CCCN(C(=O)C2CCC(CN)O2)C1.